The molecule has 1 aliphatic rings. The Balaban J connectivity index is 0.000001000. The van der Waals surface area contributed by atoms with Crippen LogP contribution >= 0.6 is 12.4 Å². The highest BCUT2D eigenvalue weighted by Crippen LogP contribution is 2.03. The zero-order valence-electron chi connectivity index (χ0n) is 5.99. The lowest BCUT2D eigenvalue weighted by molar-refractivity contribution is 0.300. The Morgan fingerprint density at radius 1 is 1.27 bits per heavy atom. The number of hydrazine groups is 1. The summed E-state index contributed by atoms with van der Waals surface area (Å²) in [7, 11) is -3.53. The van der Waals surface area contributed by atoms with E-state index in [9.17, 15) is 8.42 Å². The van der Waals surface area contributed by atoms with Gasteiger partial charge in [0.05, 0.1) is 0 Å². The van der Waals surface area contributed by atoms with E-state index in [1.165, 1.54) is 0 Å². The summed E-state index contributed by atoms with van der Waals surface area (Å²) in [5, 5.41) is 6.34. The standard InChI is InChI=1S/C4H11N3O2S.ClH/c5-10(8,9)6-7-3-1-2-4-7;/h6H,1-4H2,(H2,5,8,9);1H. The number of nitrogens with zero attached hydrogens (tertiary/aromatic N) is 1. The van der Waals surface area contributed by atoms with Crippen LogP contribution in [0, 0.1) is 0 Å². The minimum Gasteiger partial charge on any atom is -0.230 e. The first kappa shape index (κ1) is 11.1. The van der Waals surface area contributed by atoms with E-state index >= 15 is 0 Å². The molecule has 11 heavy (non-hydrogen) atoms. The highest BCUT2D eigenvalue weighted by molar-refractivity contribution is 7.87. The molecule has 1 rings (SSSR count). The predicted molar refractivity (Wildman–Crippen MR) is 44.3 cm³/mol. The Hall–Kier alpha value is 0.120. The number of halogens is 1. The minimum atomic E-state index is -3.53. The van der Waals surface area contributed by atoms with Crippen molar-refractivity contribution in [3.8, 4) is 0 Å². The van der Waals surface area contributed by atoms with Crippen LogP contribution in [0.3, 0.4) is 0 Å². The SMILES string of the molecule is Cl.NS(=O)(=O)NN1CCCC1. The van der Waals surface area contributed by atoms with Crippen molar-refractivity contribution in [2.45, 2.75) is 12.8 Å². The highest BCUT2D eigenvalue weighted by atomic mass is 35.5. The fourth-order valence-corrected chi connectivity index (χ4v) is 1.53. The van der Waals surface area contributed by atoms with Crippen LogP contribution in [0.2, 0.25) is 0 Å². The van der Waals surface area contributed by atoms with Crippen LogP contribution in [0.5, 0.6) is 0 Å². The molecule has 1 heterocycles. The fourth-order valence-electron chi connectivity index (χ4n) is 0.988. The Labute approximate surface area is 72.5 Å². The van der Waals surface area contributed by atoms with Crippen LogP contribution in [-0.2, 0) is 10.2 Å². The predicted octanol–water partition coefficient (Wildman–Crippen LogP) is -0.788. The maximum Gasteiger partial charge on any atom is 0.287 e. The second-order valence-electron chi connectivity index (χ2n) is 2.33. The summed E-state index contributed by atoms with van der Waals surface area (Å²) in [5.74, 6) is 0. The molecule has 1 aliphatic heterocycles. The number of hydrogen-bond donors (Lipinski definition) is 2. The number of rotatable bonds is 2. The Bertz CT molecular complexity index is 199. The van der Waals surface area contributed by atoms with Gasteiger partial charge in [-0.2, -0.15) is 8.42 Å². The van der Waals surface area contributed by atoms with E-state index in [-0.39, 0.29) is 12.4 Å². The molecule has 0 bridgehead atoms. The molecular formula is C4H12ClN3O2S. The molecule has 0 aromatic heterocycles. The zero-order valence-corrected chi connectivity index (χ0v) is 7.62. The Morgan fingerprint density at radius 2 is 1.73 bits per heavy atom. The van der Waals surface area contributed by atoms with E-state index in [0.29, 0.717) is 0 Å². The molecule has 1 fully saturated rings. The monoisotopic (exact) mass is 201 g/mol. The molecule has 0 aliphatic carbocycles. The molecular weight excluding hydrogens is 190 g/mol. The van der Waals surface area contributed by atoms with Crippen LogP contribution in [0.4, 0.5) is 0 Å². The maximum atomic E-state index is 10.4. The van der Waals surface area contributed by atoms with Gasteiger partial charge in [0.25, 0.3) is 10.2 Å². The molecule has 7 heteroatoms. The van der Waals surface area contributed by atoms with Gasteiger partial charge >= 0.3 is 0 Å². The lowest BCUT2D eigenvalue weighted by Crippen LogP contribution is -2.43. The van der Waals surface area contributed by atoms with E-state index in [0.717, 1.165) is 25.9 Å². The summed E-state index contributed by atoms with van der Waals surface area (Å²) in [6.07, 6.45) is 2.06. The molecule has 0 radical (unpaired) electrons. The van der Waals surface area contributed by atoms with E-state index in [4.69, 9.17) is 5.14 Å². The normalized spacial score (nSPS) is 19.7. The summed E-state index contributed by atoms with van der Waals surface area (Å²) in [6, 6.07) is 0. The topological polar surface area (TPSA) is 75.4 Å². The van der Waals surface area contributed by atoms with Crippen molar-refractivity contribution in [2.24, 2.45) is 5.14 Å². The highest BCUT2D eigenvalue weighted by Gasteiger charge is 2.14. The van der Waals surface area contributed by atoms with Crippen LogP contribution in [-0.4, -0.2) is 26.5 Å². The van der Waals surface area contributed by atoms with Gasteiger partial charge in [0, 0.05) is 13.1 Å². The van der Waals surface area contributed by atoms with Gasteiger partial charge in [-0.1, -0.05) is 0 Å². The van der Waals surface area contributed by atoms with Crippen molar-refractivity contribution in [2.75, 3.05) is 13.1 Å². The number of nitrogens with two attached hydrogens (primary N) is 1. The molecule has 0 atom stereocenters. The molecule has 68 valence electrons. The molecule has 0 saturated carbocycles. The Kier molecular flexibility index (Phi) is 4.27. The second kappa shape index (κ2) is 4.22. The third-order valence-electron chi connectivity index (χ3n) is 1.36. The first-order valence-electron chi connectivity index (χ1n) is 3.13. The van der Waals surface area contributed by atoms with Gasteiger partial charge in [0.1, 0.15) is 0 Å². The van der Waals surface area contributed by atoms with Gasteiger partial charge in [-0.3, -0.25) is 0 Å². The summed E-state index contributed by atoms with van der Waals surface area (Å²) in [4.78, 5) is 2.20. The van der Waals surface area contributed by atoms with Gasteiger partial charge in [-0.05, 0) is 12.8 Å². The van der Waals surface area contributed by atoms with E-state index in [2.05, 4.69) is 4.83 Å². The van der Waals surface area contributed by atoms with Crippen LogP contribution < -0.4 is 9.97 Å². The molecule has 3 N–H and O–H groups in total. The van der Waals surface area contributed by atoms with Crippen molar-refractivity contribution in [3.05, 3.63) is 0 Å². The average Bonchev–Trinajstić information content (AvgIpc) is 2.12. The molecule has 5 nitrogen and oxygen atoms in total. The van der Waals surface area contributed by atoms with Crippen molar-refractivity contribution in [1.82, 2.24) is 9.84 Å². The fraction of sp³-hybridized carbons (Fsp3) is 1.00. The second-order valence-corrected chi connectivity index (χ2v) is 3.60. The van der Waals surface area contributed by atoms with E-state index in [1.54, 1.807) is 5.01 Å². The van der Waals surface area contributed by atoms with Gasteiger partial charge in [0.15, 0.2) is 0 Å². The van der Waals surface area contributed by atoms with Gasteiger partial charge in [-0.25, -0.2) is 10.1 Å². The third-order valence-corrected chi connectivity index (χ3v) is 1.88. The first-order chi connectivity index (χ1) is 4.58. The average molecular weight is 202 g/mol. The zero-order chi connectivity index (χ0) is 7.61. The molecule has 0 aromatic carbocycles. The molecule has 0 amide bonds. The van der Waals surface area contributed by atoms with Crippen molar-refractivity contribution < 1.29 is 8.42 Å². The summed E-state index contributed by atoms with van der Waals surface area (Å²) < 4.78 is 20.8. The van der Waals surface area contributed by atoms with Gasteiger partial charge < -0.3 is 0 Å². The van der Waals surface area contributed by atoms with Gasteiger partial charge in [-0.15, -0.1) is 17.2 Å². The van der Waals surface area contributed by atoms with Crippen molar-refractivity contribution in [1.29, 1.82) is 0 Å². The number of hydrogen-bond acceptors (Lipinski definition) is 3. The summed E-state index contributed by atoms with van der Waals surface area (Å²) in [6.45, 7) is 1.52. The number of nitrogens with one attached hydrogen (secondary N) is 1. The molecule has 0 unspecified atom stereocenters. The van der Waals surface area contributed by atoms with Crippen molar-refractivity contribution in [3.63, 3.8) is 0 Å². The van der Waals surface area contributed by atoms with E-state index < -0.39 is 10.2 Å². The van der Waals surface area contributed by atoms with E-state index in [1.807, 2.05) is 0 Å². The van der Waals surface area contributed by atoms with Crippen molar-refractivity contribution >= 4 is 22.6 Å². The lowest BCUT2D eigenvalue weighted by Gasteiger charge is -2.12. The lowest BCUT2D eigenvalue weighted by atomic mass is 10.4. The largest absolute Gasteiger partial charge is 0.287 e. The molecule has 0 spiro atoms. The summed E-state index contributed by atoms with van der Waals surface area (Å²) >= 11 is 0. The smallest absolute Gasteiger partial charge is 0.230 e. The van der Waals surface area contributed by atoms with Crippen LogP contribution in [0.1, 0.15) is 12.8 Å². The first-order valence-corrected chi connectivity index (χ1v) is 4.68. The maximum absolute atomic E-state index is 10.4. The summed E-state index contributed by atoms with van der Waals surface area (Å²) in [5.41, 5.74) is 0. The quantitative estimate of drug-likeness (QED) is 0.615. The Morgan fingerprint density at radius 3 is 2.09 bits per heavy atom. The van der Waals surface area contributed by atoms with Crippen LogP contribution in [0.15, 0.2) is 0 Å². The van der Waals surface area contributed by atoms with Crippen LogP contribution in [0.25, 0.3) is 0 Å². The molecule has 0 aromatic rings. The molecule has 1 saturated heterocycles. The third kappa shape index (κ3) is 4.54. The minimum absolute atomic E-state index is 0. The van der Waals surface area contributed by atoms with Gasteiger partial charge in [0.2, 0.25) is 0 Å².